The van der Waals surface area contributed by atoms with Gasteiger partial charge in [0.1, 0.15) is 0 Å². The van der Waals surface area contributed by atoms with Crippen molar-refractivity contribution in [2.45, 2.75) is 531 Å². The van der Waals surface area contributed by atoms with E-state index in [1.807, 2.05) is 0 Å². The Hall–Kier alpha value is 0.920. The van der Waals surface area contributed by atoms with Crippen LogP contribution in [0.3, 0.4) is 0 Å². The van der Waals surface area contributed by atoms with Gasteiger partial charge in [-0.15, -0.1) is 0 Å². The van der Waals surface area contributed by atoms with E-state index in [4.69, 9.17) is 62.1 Å². The normalized spacial score (nSPS) is 15.3. The molecule has 708 valence electrons. The van der Waals surface area contributed by atoms with E-state index in [0.29, 0.717) is 64.2 Å². The molecule has 0 amide bonds. The van der Waals surface area contributed by atoms with Crippen LogP contribution >= 0.6 is 55.2 Å². The second-order valence-electron chi connectivity index (χ2n) is 33.4. The summed E-state index contributed by atoms with van der Waals surface area (Å²) in [6, 6.07) is 0. The molecule has 0 aromatic heterocycles. The maximum Gasteiger partial charge on any atom is 0.719 e. The Balaban J connectivity index is 7.97. The Morgan fingerprint density at radius 1 is 0.144 bits per heavy atom. The highest BCUT2D eigenvalue weighted by atomic mass is 31.3. The molecule has 6 atom stereocenters. The summed E-state index contributed by atoms with van der Waals surface area (Å²) in [5.41, 5.74) is 0. The molecule has 0 aromatic carbocycles. The maximum atomic E-state index is 15.7. The second kappa shape index (κ2) is 87.3. The third-order valence-corrected chi connectivity index (χ3v) is 34.7. The Bertz CT molecular complexity index is 2290. The van der Waals surface area contributed by atoms with E-state index >= 15 is 27.4 Å². The Morgan fingerprint density at radius 3 is 0.381 bits per heavy atom. The van der Waals surface area contributed by atoms with E-state index in [9.17, 15) is 4.57 Å². The van der Waals surface area contributed by atoms with Gasteiger partial charge in [0, 0.05) is 4.57 Å². The van der Waals surface area contributed by atoms with Crippen molar-refractivity contribution in [1.29, 1.82) is 0 Å². The van der Waals surface area contributed by atoms with Crippen molar-refractivity contribution < 1.29 is 94.0 Å². The van der Waals surface area contributed by atoms with Crippen LogP contribution < -0.4 is 0 Å². The molecular weight excluding hydrogens is 1630 g/mol. The number of hydrogen-bond acceptors (Lipinski definition) is 21. The SMILES string of the molecule is CCCCCCCCCCCCCCOP(=O)(OCCCCCCCCCC)OP(=O)(OCCCCCCCCCCCC)OP(=O)(OCCCCCCCCC)O[P+](=O)OP(=O)(OCCCCCCCCC)OP(=O)(OCCCCCCCCCCCC)OP(=O)(OCCCCCCCCCC)OCCCCCCCCCCCCCC. The van der Waals surface area contributed by atoms with Crippen LogP contribution in [0.1, 0.15) is 531 Å². The summed E-state index contributed by atoms with van der Waals surface area (Å²) in [4.78, 5) is 0. The van der Waals surface area contributed by atoms with Crippen LogP contribution in [0.5, 0.6) is 0 Å². The maximum absolute atomic E-state index is 15.7. The second-order valence-corrected chi connectivity index (χ2v) is 45.2. The fraction of sp³-hybridized carbons (Fsp3) is 1.00. The van der Waals surface area contributed by atoms with Crippen molar-refractivity contribution in [3.8, 4) is 0 Å². The summed E-state index contributed by atoms with van der Waals surface area (Å²) in [6.45, 7) is 15.7. The van der Waals surface area contributed by atoms with Gasteiger partial charge in [0.15, 0.2) is 0 Å². The summed E-state index contributed by atoms with van der Waals surface area (Å²) in [5.74, 6) is 0. The van der Waals surface area contributed by atoms with Crippen LogP contribution in [-0.4, -0.2) is 52.9 Å². The summed E-state index contributed by atoms with van der Waals surface area (Å²) < 4.78 is 191. The van der Waals surface area contributed by atoms with Crippen LogP contribution in [0.25, 0.3) is 0 Å². The van der Waals surface area contributed by atoms with E-state index in [1.54, 1.807) is 0 Å². The number of hydrogen-bond donors (Lipinski definition) is 0. The van der Waals surface area contributed by atoms with Gasteiger partial charge in [-0.25, -0.2) is 27.4 Å². The number of unbranched alkanes of at least 4 members (excludes halogenated alkanes) is 66. The number of phosphoric ester groups is 2. The molecule has 0 rings (SSSR count). The third-order valence-electron chi connectivity index (χ3n) is 21.6. The van der Waals surface area contributed by atoms with Gasteiger partial charge in [-0.2, -0.15) is 17.2 Å². The van der Waals surface area contributed by atoms with E-state index in [-0.39, 0.29) is 65.7 Å². The highest BCUT2D eigenvalue weighted by Crippen LogP contribution is 2.78. The van der Waals surface area contributed by atoms with Gasteiger partial charge in [-0.3, -0.25) is 36.2 Å². The highest BCUT2D eigenvalue weighted by molar-refractivity contribution is 7.72. The summed E-state index contributed by atoms with van der Waals surface area (Å²) in [6.07, 6.45) is 72.3. The van der Waals surface area contributed by atoms with E-state index < -0.39 is 55.2 Å². The molecule has 0 saturated heterocycles. The summed E-state index contributed by atoms with van der Waals surface area (Å²) in [7, 11) is -36.5. The van der Waals surface area contributed by atoms with Gasteiger partial charge >= 0.3 is 55.2 Å². The summed E-state index contributed by atoms with van der Waals surface area (Å²) in [5, 5.41) is 0. The third kappa shape index (κ3) is 79.1. The van der Waals surface area contributed by atoms with Crippen molar-refractivity contribution >= 4 is 55.2 Å². The van der Waals surface area contributed by atoms with Crippen LogP contribution in [0.15, 0.2) is 0 Å². The molecule has 0 saturated carbocycles. The van der Waals surface area contributed by atoms with Gasteiger partial charge < -0.3 is 0 Å². The predicted molar refractivity (Wildman–Crippen MR) is 494 cm³/mol. The molecule has 21 nitrogen and oxygen atoms in total. The van der Waals surface area contributed by atoms with Gasteiger partial charge in [-0.1, -0.05) is 479 Å². The molecule has 28 heteroatoms. The lowest BCUT2D eigenvalue weighted by Gasteiger charge is -2.25. The zero-order chi connectivity index (χ0) is 86.5. The Morgan fingerprint density at radius 2 is 0.246 bits per heavy atom. The molecule has 0 aliphatic rings. The molecule has 0 heterocycles. The molecule has 0 N–H and O–H groups in total. The average Bonchev–Trinajstić information content (AvgIpc) is 0.802. The molecule has 0 aliphatic heterocycles. The molecular formula is C90H188O21P7+. The Labute approximate surface area is 728 Å². The van der Waals surface area contributed by atoms with Crippen LogP contribution in [0.2, 0.25) is 0 Å². The molecule has 0 radical (unpaired) electrons. The minimum absolute atomic E-state index is 0.107. The standard InChI is InChI=1S/C90H188O21P7/c1-9-17-25-33-41-47-51-53-57-63-71-77-85-100-113(92,98-83-75-69-61-45-37-29-21-13-5)108-117(96,104-89-81-73-65-55-49-43-35-27-19-11-3)110-115(94,102-87-79-67-59-39-31-23-15-7)106-112(91)107-116(95,103-88-80-68-60-40-32-24-16-8)111-118(97,105-90-82-74-66-56-50-44-36-28-20-12-4)109-114(93,99-84-76-70-62-46-38-30-22-14-6)101-86-78-72-64-58-54-52-48-42-34-26-18-10-2/h9-90H2,1-8H3/q+1. The minimum atomic E-state index is -5.67. The number of rotatable bonds is 102. The lowest BCUT2D eigenvalue weighted by molar-refractivity contribution is 0.116. The fourth-order valence-corrected chi connectivity index (χ4v) is 26.5. The fourth-order valence-electron chi connectivity index (χ4n) is 14.2. The lowest BCUT2D eigenvalue weighted by atomic mass is 10.1. The van der Waals surface area contributed by atoms with Crippen molar-refractivity contribution in [3.63, 3.8) is 0 Å². The van der Waals surface area contributed by atoms with E-state index in [2.05, 4.69) is 55.4 Å². The summed E-state index contributed by atoms with van der Waals surface area (Å²) >= 11 is 0. The highest BCUT2D eigenvalue weighted by Gasteiger charge is 2.57. The zero-order valence-electron chi connectivity index (χ0n) is 77.7. The van der Waals surface area contributed by atoms with Gasteiger partial charge in [0.25, 0.3) is 0 Å². The smallest absolute Gasteiger partial charge is 0.287 e. The molecule has 0 aromatic rings. The predicted octanol–water partition coefficient (Wildman–Crippen LogP) is 37.6. The molecule has 0 aliphatic carbocycles. The lowest BCUT2D eigenvalue weighted by Crippen LogP contribution is -2.08. The first kappa shape index (κ1) is 119. The average molecular weight is 1820 g/mol. The van der Waals surface area contributed by atoms with Gasteiger partial charge in [0.2, 0.25) is 0 Å². The monoisotopic (exact) mass is 1820 g/mol. The largest absolute Gasteiger partial charge is 0.719 e. The quantitative estimate of drug-likeness (QED) is 0.0405. The Kier molecular flexibility index (Phi) is 87.9. The zero-order valence-corrected chi connectivity index (χ0v) is 83.9. The molecule has 0 bridgehead atoms. The minimum Gasteiger partial charge on any atom is -0.287 e. The van der Waals surface area contributed by atoms with Gasteiger partial charge in [-0.05, 0) is 60.0 Å². The number of phosphoric acid groups is 6. The molecule has 6 unspecified atom stereocenters. The van der Waals surface area contributed by atoms with E-state index in [1.165, 1.54) is 154 Å². The van der Waals surface area contributed by atoms with Gasteiger partial charge in [0.05, 0.1) is 52.9 Å². The van der Waals surface area contributed by atoms with Crippen molar-refractivity contribution in [2.24, 2.45) is 0 Å². The van der Waals surface area contributed by atoms with Crippen molar-refractivity contribution in [2.75, 3.05) is 52.9 Å². The first-order chi connectivity index (χ1) is 57.4. The van der Waals surface area contributed by atoms with Crippen molar-refractivity contribution in [3.05, 3.63) is 0 Å². The van der Waals surface area contributed by atoms with Crippen LogP contribution in [0.4, 0.5) is 0 Å². The first-order valence-corrected chi connectivity index (χ1v) is 59.8. The first-order valence-electron chi connectivity index (χ1n) is 49.9. The molecule has 0 spiro atoms. The molecule has 118 heavy (non-hydrogen) atoms. The van der Waals surface area contributed by atoms with Crippen LogP contribution in [0, 0.1) is 0 Å². The van der Waals surface area contributed by atoms with Crippen molar-refractivity contribution in [1.82, 2.24) is 0 Å². The topological polar surface area (TPSA) is 249 Å². The van der Waals surface area contributed by atoms with Crippen LogP contribution in [-0.2, 0) is 94.0 Å². The van der Waals surface area contributed by atoms with E-state index in [0.717, 1.165) is 244 Å². The molecule has 0 fully saturated rings.